The summed E-state index contributed by atoms with van der Waals surface area (Å²) < 4.78 is 0. The molecule has 1 aromatic carbocycles. The van der Waals surface area contributed by atoms with Crippen LogP contribution >= 0.6 is 0 Å². The molecule has 0 bridgehead atoms. The second-order valence-corrected chi connectivity index (χ2v) is 6.10. The molecular formula is C15H22N2O3. The first-order valence-corrected chi connectivity index (χ1v) is 6.45. The first-order chi connectivity index (χ1) is 9.04. The highest BCUT2D eigenvalue weighted by Gasteiger charge is 2.27. The van der Waals surface area contributed by atoms with E-state index in [0.29, 0.717) is 11.3 Å². The van der Waals surface area contributed by atoms with Crippen molar-refractivity contribution in [3.05, 3.63) is 28.8 Å². The SMILES string of the molecule is Cc1cc(NC(=O)[C@H](N)C(C)(C)C)cc(C(=O)O)c1C. The number of nitrogens with two attached hydrogens (primary N) is 1. The minimum atomic E-state index is -1.01. The fraction of sp³-hybridized carbons (Fsp3) is 0.467. The summed E-state index contributed by atoms with van der Waals surface area (Å²) in [7, 11) is 0. The van der Waals surface area contributed by atoms with Gasteiger partial charge in [0, 0.05) is 5.69 Å². The molecular weight excluding hydrogens is 256 g/mol. The average molecular weight is 278 g/mol. The maximum absolute atomic E-state index is 12.1. The maximum Gasteiger partial charge on any atom is 0.336 e. The molecule has 0 radical (unpaired) electrons. The third-order valence-electron chi connectivity index (χ3n) is 3.38. The van der Waals surface area contributed by atoms with Crippen molar-refractivity contribution < 1.29 is 14.7 Å². The zero-order chi connectivity index (χ0) is 15.7. The number of hydrogen-bond acceptors (Lipinski definition) is 3. The monoisotopic (exact) mass is 278 g/mol. The number of amides is 1. The molecule has 0 saturated heterocycles. The Hall–Kier alpha value is -1.88. The molecule has 0 aromatic heterocycles. The number of carboxylic acid groups (broad SMARTS) is 1. The number of rotatable bonds is 3. The van der Waals surface area contributed by atoms with Crippen molar-refractivity contribution in [2.45, 2.75) is 40.7 Å². The number of hydrogen-bond donors (Lipinski definition) is 3. The molecule has 1 aromatic rings. The van der Waals surface area contributed by atoms with Crippen LogP contribution in [0, 0.1) is 19.3 Å². The lowest BCUT2D eigenvalue weighted by atomic mass is 9.87. The van der Waals surface area contributed by atoms with Gasteiger partial charge in [0.15, 0.2) is 0 Å². The molecule has 0 saturated carbocycles. The number of aryl methyl sites for hydroxylation is 1. The minimum absolute atomic E-state index is 0.185. The highest BCUT2D eigenvalue weighted by atomic mass is 16.4. The summed E-state index contributed by atoms with van der Waals surface area (Å²) in [6.07, 6.45) is 0. The van der Waals surface area contributed by atoms with Gasteiger partial charge in [-0.2, -0.15) is 0 Å². The predicted molar refractivity (Wildman–Crippen MR) is 78.9 cm³/mol. The van der Waals surface area contributed by atoms with E-state index in [-0.39, 0.29) is 16.9 Å². The normalized spacial score (nSPS) is 12.9. The van der Waals surface area contributed by atoms with Crippen molar-refractivity contribution in [1.29, 1.82) is 0 Å². The number of aromatic carboxylic acids is 1. The van der Waals surface area contributed by atoms with Crippen LogP contribution < -0.4 is 11.1 Å². The number of nitrogens with one attached hydrogen (secondary N) is 1. The lowest BCUT2D eigenvalue weighted by Crippen LogP contribution is -2.45. The van der Waals surface area contributed by atoms with Crippen LogP contribution in [0.2, 0.25) is 0 Å². The van der Waals surface area contributed by atoms with Gasteiger partial charge in [-0.15, -0.1) is 0 Å². The van der Waals surface area contributed by atoms with E-state index in [1.165, 1.54) is 6.07 Å². The van der Waals surface area contributed by atoms with Crippen molar-refractivity contribution >= 4 is 17.6 Å². The molecule has 0 fully saturated rings. The van der Waals surface area contributed by atoms with E-state index in [1.807, 2.05) is 20.8 Å². The smallest absolute Gasteiger partial charge is 0.336 e. The summed E-state index contributed by atoms with van der Waals surface area (Å²) in [5, 5.41) is 11.8. The fourth-order valence-electron chi connectivity index (χ4n) is 1.77. The Bertz CT molecular complexity index is 545. The molecule has 0 unspecified atom stereocenters. The zero-order valence-corrected chi connectivity index (χ0v) is 12.6. The van der Waals surface area contributed by atoms with Gasteiger partial charge >= 0.3 is 5.97 Å². The van der Waals surface area contributed by atoms with Crippen molar-refractivity contribution in [1.82, 2.24) is 0 Å². The maximum atomic E-state index is 12.1. The summed E-state index contributed by atoms with van der Waals surface area (Å²) in [5.74, 6) is -1.33. The molecule has 20 heavy (non-hydrogen) atoms. The third kappa shape index (κ3) is 3.57. The molecule has 0 spiro atoms. The highest BCUT2D eigenvalue weighted by Crippen LogP contribution is 2.22. The number of carboxylic acids is 1. The van der Waals surface area contributed by atoms with Crippen LogP contribution in [0.5, 0.6) is 0 Å². The lowest BCUT2D eigenvalue weighted by Gasteiger charge is -2.26. The Morgan fingerprint density at radius 3 is 2.25 bits per heavy atom. The van der Waals surface area contributed by atoms with Gasteiger partial charge < -0.3 is 16.2 Å². The number of benzene rings is 1. The van der Waals surface area contributed by atoms with Gasteiger partial charge in [-0.05, 0) is 42.5 Å². The third-order valence-corrected chi connectivity index (χ3v) is 3.38. The lowest BCUT2D eigenvalue weighted by molar-refractivity contribution is -0.119. The van der Waals surface area contributed by atoms with Gasteiger partial charge in [-0.25, -0.2) is 4.79 Å². The topological polar surface area (TPSA) is 92.4 Å². The molecule has 0 aliphatic heterocycles. The van der Waals surface area contributed by atoms with Crippen molar-refractivity contribution in [2.24, 2.45) is 11.1 Å². The Morgan fingerprint density at radius 2 is 1.80 bits per heavy atom. The molecule has 0 aliphatic rings. The molecule has 1 atom stereocenters. The van der Waals surface area contributed by atoms with Gasteiger partial charge in [0.2, 0.25) is 5.91 Å². The summed E-state index contributed by atoms with van der Waals surface area (Å²) in [6, 6.07) is 2.53. The zero-order valence-electron chi connectivity index (χ0n) is 12.6. The Balaban J connectivity index is 3.05. The van der Waals surface area contributed by atoms with E-state index in [4.69, 9.17) is 10.8 Å². The second kappa shape index (κ2) is 5.63. The molecule has 0 heterocycles. The molecule has 1 rings (SSSR count). The van der Waals surface area contributed by atoms with E-state index in [0.717, 1.165) is 5.56 Å². The van der Waals surface area contributed by atoms with E-state index in [9.17, 15) is 9.59 Å². The highest BCUT2D eigenvalue weighted by molar-refractivity contribution is 5.97. The number of carbonyl (C=O) groups excluding carboxylic acids is 1. The Morgan fingerprint density at radius 1 is 1.25 bits per heavy atom. The summed E-state index contributed by atoms with van der Waals surface area (Å²) >= 11 is 0. The van der Waals surface area contributed by atoms with Crippen molar-refractivity contribution in [3.8, 4) is 0 Å². The minimum Gasteiger partial charge on any atom is -0.478 e. The molecule has 4 N–H and O–H groups in total. The van der Waals surface area contributed by atoms with Crippen LogP contribution in [-0.4, -0.2) is 23.0 Å². The molecule has 110 valence electrons. The Labute approximate surface area is 119 Å². The van der Waals surface area contributed by atoms with E-state index >= 15 is 0 Å². The van der Waals surface area contributed by atoms with Crippen LogP contribution in [0.1, 0.15) is 42.3 Å². The van der Waals surface area contributed by atoms with Crippen LogP contribution in [0.15, 0.2) is 12.1 Å². The van der Waals surface area contributed by atoms with Crippen LogP contribution in [0.3, 0.4) is 0 Å². The van der Waals surface area contributed by atoms with Gasteiger partial charge in [0.1, 0.15) is 0 Å². The molecule has 5 nitrogen and oxygen atoms in total. The second-order valence-electron chi connectivity index (χ2n) is 6.10. The predicted octanol–water partition coefficient (Wildman–Crippen LogP) is 2.31. The first-order valence-electron chi connectivity index (χ1n) is 6.45. The van der Waals surface area contributed by atoms with Crippen LogP contribution in [0.25, 0.3) is 0 Å². The quantitative estimate of drug-likeness (QED) is 0.791. The van der Waals surface area contributed by atoms with Gasteiger partial charge in [0.25, 0.3) is 0 Å². The number of carbonyl (C=O) groups is 2. The first kappa shape index (κ1) is 16.2. The van der Waals surface area contributed by atoms with E-state index < -0.39 is 12.0 Å². The van der Waals surface area contributed by atoms with Gasteiger partial charge in [0.05, 0.1) is 11.6 Å². The van der Waals surface area contributed by atoms with E-state index in [1.54, 1.807) is 19.9 Å². The largest absolute Gasteiger partial charge is 0.478 e. The van der Waals surface area contributed by atoms with Crippen molar-refractivity contribution in [3.63, 3.8) is 0 Å². The van der Waals surface area contributed by atoms with Crippen LogP contribution in [0.4, 0.5) is 5.69 Å². The fourth-order valence-corrected chi connectivity index (χ4v) is 1.77. The van der Waals surface area contributed by atoms with Gasteiger partial charge in [-0.3, -0.25) is 4.79 Å². The number of anilines is 1. The van der Waals surface area contributed by atoms with Crippen LogP contribution in [-0.2, 0) is 4.79 Å². The summed E-state index contributed by atoms with van der Waals surface area (Å²) in [4.78, 5) is 23.2. The molecule has 0 aliphatic carbocycles. The molecule has 1 amide bonds. The van der Waals surface area contributed by atoms with Gasteiger partial charge in [-0.1, -0.05) is 20.8 Å². The van der Waals surface area contributed by atoms with E-state index in [2.05, 4.69) is 5.32 Å². The Kier molecular flexibility index (Phi) is 4.55. The summed E-state index contributed by atoms with van der Waals surface area (Å²) in [5.41, 5.74) is 7.66. The van der Waals surface area contributed by atoms with Crippen molar-refractivity contribution in [2.75, 3.05) is 5.32 Å². The average Bonchev–Trinajstić information content (AvgIpc) is 2.30. The standard InChI is InChI=1S/C15H22N2O3/c1-8-6-10(7-11(9(8)2)14(19)20)17-13(18)12(16)15(3,4)5/h6-7,12H,16H2,1-5H3,(H,17,18)(H,19,20)/t12-/m0/s1. The molecule has 5 heteroatoms. The summed E-state index contributed by atoms with van der Waals surface area (Å²) in [6.45, 7) is 9.17.